The van der Waals surface area contributed by atoms with E-state index in [-0.39, 0.29) is 28.9 Å². The van der Waals surface area contributed by atoms with Crippen molar-refractivity contribution in [3.63, 3.8) is 0 Å². The van der Waals surface area contributed by atoms with Crippen LogP contribution in [0.25, 0.3) is 10.9 Å². The van der Waals surface area contributed by atoms with E-state index < -0.39 is 10.0 Å². The zero-order chi connectivity index (χ0) is 20.6. The van der Waals surface area contributed by atoms with Crippen molar-refractivity contribution in [3.05, 3.63) is 69.8 Å². The number of halogens is 2. The van der Waals surface area contributed by atoms with E-state index in [0.29, 0.717) is 23.3 Å². The summed E-state index contributed by atoms with van der Waals surface area (Å²) < 4.78 is 27.9. The summed E-state index contributed by atoms with van der Waals surface area (Å²) in [7, 11) is -3.73. The number of sulfonamides is 1. The Hall–Kier alpha value is -2.00. The molecule has 1 aromatic heterocycles. The van der Waals surface area contributed by atoms with Crippen LogP contribution in [0.2, 0.25) is 5.02 Å². The van der Waals surface area contributed by atoms with Gasteiger partial charge in [0, 0.05) is 36.0 Å². The number of rotatable bonds is 3. The fourth-order valence-electron chi connectivity index (χ4n) is 3.30. The molecule has 1 saturated heterocycles. The zero-order valence-corrected chi connectivity index (χ0v) is 18.4. The molecule has 6 nitrogen and oxygen atoms in total. The lowest BCUT2D eigenvalue weighted by Crippen LogP contribution is -2.50. The van der Waals surface area contributed by atoms with Crippen molar-refractivity contribution in [3.8, 4) is 0 Å². The summed E-state index contributed by atoms with van der Waals surface area (Å²) in [4.78, 5) is 19.0. The number of hydrogen-bond donors (Lipinski definition) is 0. The molecule has 29 heavy (non-hydrogen) atoms. The first-order valence-electron chi connectivity index (χ1n) is 8.96. The number of fused-ring (bicyclic) bond motifs is 1. The number of carbonyl (C=O) groups is 1. The van der Waals surface area contributed by atoms with Crippen LogP contribution in [0.15, 0.2) is 64.0 Å². The average Bonchev–Trinajstić information content (AvgIpc) is 2.72. The third kappa shape index (κ3) is 4.02. The maximum atomic E-state index is 12.9. The zero-order valence-electron chi connectivity index (χ0n) is 15.3. The molecule has 1 aliphatic heterocycles. The number of nitrogens with zero attached hydrogens (tertiary/aromatic N) is 3. The van der Waals surface area contributed by atoms with Gasteiger partial charge in [0.05, 0.1) is 10.5 Å². The second-order valence-corrected chi connectivity index (χ2v) is 9.89. The molecule has 0 N–H and O–H groups in total. The molecule has 0 bridgehead atoms. The largest absolute Gasteiger partial charge is 0.335 e. The summed E-state index contributed by atoms with van der Waals surface area (Å²) >= 11 is 9.41. The van der Waals surface area contributed by atoms with Gasteiger partial charge < -0.3 is 4.90 Å². The van der Waals surface area contributed by atoms with Gasteiger partial charge >= 0.3 is 0 Å². The molecule has 150 valence electrons. The summed E-state index contributed by atoms with van der Waals surface area (Å²) in [5, 5.41) is 1.13. The highest BCUT2D eigenvalue weighted by atomic mass is 79.9. The van der Waals surface area contributed by atoms with Crippen molar-refractivity contribution in [1.82, 2.24) is 14.2 Å². The van der Waals surface area contributed by atoms with Crippen molar-refractivity contribution in [2.75, 3.05) is 26.2 Å². The molecular formula is C20H17BrClN3O3S. The topological polar surface area (TPSA) is 70.6 Å². The van der Waals surface area contributed by atoms with E-state index >= 15 is 0 Å². The van der Waals surface area contributed by atoms with E-state index in [1.165, 1.54) is 10.4 Å². The second-order valence-electron chi connectivity index (χ2n) is 6.66. The van der Waals surface area contributed by atoms with E-state index in [1.807, 2.05) is 30.3 Å². The highest BCUT2D eigenvalue weighted by Gasteiger charge is 2.32. The number of aromatic nitrogens is 1. The van der Waals surface area contributed by atoms with E-state index in [0.717, 1.165) is 10.9 Å². The molecule has 1 amide bonds. The molecule has 0 unspecified atom stereocenters. The van der Waals surface area contributed by atoms with Crippen molar-refractivity contribution in [2.24, 2.45) is 0 Å². The lowest BCUT2D eigenvalue weighted by Gasteiger charge is -2.34. The summed E-state index contributed by atoms with van der Waals surface area (Å²) in [6.07, 6.45) is 0. The summed E-state index contributed by atoms with van der Waals surface area (Å²) in [6, 6.07) is 15.8. The quantitative estimate of drug-likeness (QED) is 0.555. The van der Waals surface area contributed by atoms with E-state index in [2.05, 4.69) is 20.9 Å². The van der Waals surface area contributed by atoms with Gasteiger partial charge in [-0.2, -0.15) is 4.31 Å². The second kappa shape index (κ2) is 8.02. The lowest BCUT2D eigenvalue weighted by atomic mass is 10.2. The molecule has 0 aliphatic carbocycles. The fourth-order valence-corrected chi connectivity index (χ4v) is 5.74. The van der Waals surface area contributed by atoms with Gasteiger partial charge in [0.2, 0.25) is 10.0 Å². The Morgan fingerprint density at radius 3 is 2.45 bits per heavy atom. The summed E-state index contributed by atoms with van der Waals surface area (Å²) in [5.74, 6) is -0.200. The third-order valence-corrected chi connectivity index (χ3v) is 7.73. The molecule has 1 fully saturated rings. The molecular weight excluding hydrogens is 478 g/mol. The number of para-hydroxylation sites is 1. The van der Waals surface area contributed by atoms with Gasteiger partial charge in [-0.15, -0.1) is 0 Å². The average molecular weight is 495 g/mol. The minimum atomic E-state index is -3.73. The maximum absolute atomic E-state index is 12.9. The predicted octanol–water partition coefficient (Wildman–Crippen LogP) is 3.80. The first-order valence-corrected chi connectivity index (χ1v) is 11.6. The van der Waals surface area contributed by atoms with Crippen LogP contribution in [0.3, 0.4) is 0 Å². The summed E-state index contributed by atoms with van der Waals surface area (Å²) in [5.41, 5.74) is 1.11. The monoisotopic (exact) mass is 493 g/mol. The molecule has 0 saturated carbocycles. The third-order valence-electron chi connectivity index (χ3n) is 4.86. The number of pyridine rings is 1. The van der Waals surface area contributed by atoms with Crippen LogP contribution < -0.4 is 0 Å². The Bertz CT molecular complexity index is 1190. The van der Waals surface area contributed by atoms with Gasteiger partial charge in [-0.25, -0.2) is 13.4 Å². The first-order chi connectivity index (χ1) is 13.9. The number of piperazine rings is 1. The first kappa shape index (κ1) is 20.3. The van der Waals surface area contributed by atoms with Gasteiger partial charge in [0.1, 0.15) is 10.6 Å². The standard InChI is InChI=1S/C20H17BrClN3O3S/c21-15-6-8-19(16(22)13-15)29(27,28)25-11-9-24(10-12-25)20(26)18-7-5-14-3-1-2-4-17(14)23-18/h1-8,13H,9-12H2. The van der Waals surface area contributed by atoms with Gasteiger partial charge in [-0.05, 0) is 30.3 Å². The molecule has 3 aromatic rings. The Labute approximate surface area is 182 Å². The molecule has 0 atom stereocenters. The Morgan fingerprint density at radius 2 is 1.72 bits per heavy atom. The lowest BCUT2D eigenvalue weighted by molar-refractivity contribution is 0.0692. The highest BCUT2D eigenvalue weighted by molar-refractivity contribution is 9.10. The Morgan fingerprint density at radius 1 is 1.00 bits per heavy atom. The van der Waals surface area contributed by atoms with Crippen molar-refractivity contribution >= 4 is 54.4 Å². The van der Waals surface area contributed by atoms with Gasteiger partial charge in [0.15, 0.2) is 0 Å². The van der Waals surface area contributed by atoms with E-state index in [1.54, 1.807) is 23.1 Å². The SMILES string of the molecule is O=C(c1ccc2ccccc2n1)N1CCN(S(=O)(=O)c2ccc(Br)cc2Cl)CC1. The predicted molar refractivity (Wildman–Crippen MR) is 116 cm³/mol. The Kier molecular flexibility index (Phi) is 5.61. The van der Waals surface area contributed by atoms with Crippen molar-refractivity contribution < 1.29 is 13.2 Å². The minimum Gasteiger partial charge on any atom is -0.335 e. The van der Waals surface area contributed by atoms with E-state index in [4.69, 9.17) is 11.6 Å². The molecule has 2 heterocycles. The molecule has 2 aromatic carbocycles. The van der Waals surface area contributed by atoms with Crippen molar-refractivity contribution in [1.29, 1.82) is 0 Å². The van der Waals surface area contributed by atoms with E-state index in [9.17, 15) is 13.2 Å². The fraction of sp³-hybridized carbons (Fsp3) is 0.200. The number of amides is 1. The molecule has 0 radical (unpaired) electrons. The van der Waals surface area contributed by atoms with Crippen LogP contribution in [0.1, 0.15) is 10.5 Å². The molecule has 0 spiro atoms. The number of hydrogen-bond acceptors (Lipinski definition) is 4. The van der Waals surface area contributed by atoms with Crippen LogP contribution in [-0.2, 0) is 10.0 Å². The van der Waals surface area contributed by atoms with Gasteiger partial charge in [0.25, 0.3) is 5.91 Å². The summed E-state index contributed by atoms with van der Waals surface area (Å²) in [6.45, 7) is 0.990. The number of benzene rings is 2. The van der Waals surface area contributed by atoms with Crippen LogP contribution in [0.5, 0.6) is 0 Å². The van der Waals surface area contributed by atoms with Crippen LogP contribution in [0.4, 0.5) is 0 Å². The molecule has 9 heteroatoms. The maximum Gasteiger partial charge on any atom is 0.272 e. The molecule has 4 rings (SSSR count). The number of carbonyl (C=O) groups excluding carboxylic acids is 1. The Balaban J connectivity index is 1.49. The van der Waals surface area contributed by atoms with Crippen LogP contribution in [-0.4, -0.2) is 54.7 Å². The smallest absolute Gasteiger partial charge is 0.272 e. The van der Waals surface area contributed by atoms with Crippen LogP contribution in [0, 0.1) is 0 Å². The van der Waals surface area contributed by atoms with Crippen LogP contribution >= 0.6 is 27.5 Å². The molecule has 1 aliphatic rings. The van der Waals surface area contributed by atoms with Crippen molar-refractivity contribution in [2.45, 2.75) is 4.90 Å². The normalized spacial score (nSPS) is 15.6. The van der Waals surface area contributed by atoms with Gasteiger partial charge in [-0.3, -0.25) is 4.79 Å². The minimum absolute atomic E-state index is 0.0679. The highest BCUT2D eigenvalue weighted by Crippen LogP contribution is 2.28. The van der Waals surface area contributed by atoms with Gasteiger partial charge in [-0.1, -0.05) is 51.8 Å².